The Morgan fingerprint density at radius 2 is 2.07 bits per heavy atom. The standard InChI is InChI=1S/C10H16I2O2/c1-5-13-9-6(2)7(8(11)12)10(3,4)14-9/h6,9H,5H2,1-4H3/t6-,9-/m1/s1. The molecule has 0 amide bonds. The number of halogens is 2. The first kappa shape index (κ1) is 13.2. The van der Waals surface area contributed by atoms with Gasteiger partial charge in [0.25, 0.3) is 0 Å². The first-order chi connectivity index (χ1) is 6.40. The van der Waals surface area contributed by atoms with Crippen LogP contribution in [-0.4, -0.2) is 18.5 Å². The molecule has 0 aromatic heterocycles. The lowest BCUT2D eigenvalue weighted by Gasteiger charge is -2.20. The largest absolute Gasteiger partial charge is 0.352 e. The van der Waals surface area contributed by atoms with Crippen LogP contribution in [0.5, 0.6) is 0 Å². The van der Waals surface area contributed by atoms with Crippen molar-refractivity contribution < 1.29 is 9.47 Å². The van der Waals surface area contributed by atoms with Gasteiger partial charge in [-0.25, -0.2) is 0 Å². The molecule has 2 nitrogen and oxygen atoms in total. The summed E-state index contributed by atoms with van der Waals surface area (Å²) in [7, 11) is 0. The summed E-state index contributed by atoms with van der Waals surface area (Å²) in [6.07, 6.45) is -0.0791. The second-order valence-electron chi connectivity index (χ2n) is 3.91. The summed E-state index contributed by atoms with van der Waals surface area (Å²) < 4.78 is 12.7. The van der Waals surface area contributed by atoms with Crippen LogP contribution in [0.3, 0.4) is 0 Å². The molecule has 0 spiro atoms. The quantitative estimate of drug-likeness (QED) is 0.630. The molecule has 14 heavy (non-hydrogen) atoms. The minimum absolute atomic E-state index is 0.0791. The third-order valence-electron chi connectivity index (χ3n) is 2.46. The number of hydrogen-bond acceptors (Lipinski definition) is 2. The van der Waals surface area contributed by atoms with Gasteiger partial charge in [-0.15, -0.1) is 0 Å². The Kier molecular flexibility index (Phi) is 4.68. The predicted octanol–water partition coefficient (Wildman–Crippen LogP) is 3.88. The fraction of sp³-hybridized carbons (Fsp3) is 0.800. The van der Waals surface area contributed by atoms with Crippen LogP contribution in [0.25, 0.3) is 0 Å². The van der Waals surface area contributed by atoms with Crippen LogP contribution in [0.15, 0.2) is 7.16 Å². The van der Waals surface area contributed by atoms with Gasteiger partial charge < -0.3 is 9.47 Å². The van der Waals surface area contributed by atoms with E-state index in [0.29, 0.717) is 12.5 Å². The van der Waals surface area contributed by atoms with E-state index in [1.165, 1.54) is 7.16 Å². The van der Waals surface area contributed by atoms with Crippen molar-refractivity contribution in [3.05, 3.63) is 7.16 Å². The normalized spacial score (nSPS) is 30.9. The Bertz CT molecular complexity index is 245. The van der Waals surface area contributed by atoms with Crippen molar-refractivity contribution in [3.8, 4) is 0 Å². The van der Waals surface area contributed by atoms with Gasteiger partial charge in [-0.05, 0) is 71.5 Å². The Morgan fingerprint density at radius 3 is 2.43 bits per heavy atom. The summed E-state index contributed by atoms with van der Waals surface area (Å²) >= 11 is 4.71. The molecular weight excluding hydrogens is 406 g/mol. The Morgan fingerprint density at radius 1 is 1.50 bits per heavy atom. The third kappa shape index (κ3) is 2.62. The first-order valence-electron chi connectivity index (χ1n) is 4.75. The maximum absolute atomic E-state index is 5.89. The maximum Gasteiger partial charge on any atom is 0.165 e. The zero-order valence-electron chi connectivity index (χ0n) is 8.93. The molecule has 1 heterocycles. The minimum atomic E-state index is -0.184. The smallest absolute Gasteiger partial charge is 0.165 e. The summed E-state index contributed by atoms with van der Waals surface area (Å²) in [5.74, 6) is 0.355. The molecule has 0 unspecified atom stereocenters. The van der Waals surface area contributed by atoms with Gasteiger partial charge in [-0.1, -0.05) is 6.92 Å². The molecule has 1 aliphatic heterocycles. The zero-order chi connectivity index (χ0) is 10.9. The Hall–Kier alpha value is 1.12. The van der Waals surface area contributed by atoms with Crippen molar-refractivity contribution >= 4 is 45.2 Å². The molecule has 4 heteroatoms. The van der Waals surface area contributed by atoms with Crippen LogP contribution in [0.1, 0.15) is 27.7 Å². The predicted molar refractivity (Wildman–Crippen MR) is 74.8 cm³/mol. The average molecular weight is 422 g/mol. The van der Waals surface area contributed by atoms with Crippen LogP contribution in [0.2, 0.25) is 0 Å². The van der Waals surface area contributed by atoms with E-state index in [1.807, 2.05) is 6.92 Å². The van der Waals surface area contributed by atoms with Crippen molar-refractivity contribution in [2.45, 2.75) is 39.6 Å². The van der Waals surface area contributed by atoms with Gasteiger partial charge in [0, 0.05) is 12.5 Å². The third-order valence-corrected chi connectivity index (χ3v) is 3.62. The van der Waals surface area contributed by atoms with Gasteiger partial charge in [-0.2, -0.15) is 0 Å². The van der Waals surface area contributed by atoms with Gasteiger partial charge in [0.1, 0.15) is 0 Å². The van der Waals surface area contributed by atoms with E-state index in [1.54, 1.807) is 0 Å². The molecule has 0 aromatic carbocycles. The lowest BCUT2D eigenvalue weighted by atomic mass is 9.93. The van der Waals surface area contributed by atoms with Crippen molar-refractivity contribution in [1.29, 1.82) is 0 Å². The molecule has 0 aliphatic carbocycles. The van der Waals surface area contributed by atoms with Crippen LogP contribution >= 0.6 is 45.2 Å². The average Bonchev–Trinajstić information content (AvgIpc) is 2.22. The molecule has 1 aliphatic rings. The minimum Gasteiger partial charge on any atom is -0.352 e. The number of rotatable bonds is 2. The van der Waals surface area contributed by atoms with E-state index >= 15 is 0 Å². The first-order valence-corrected chi connectivity index (χ1v) is 6.91. The molecule has 0 aromatic rings. The molecule has 0 N–H and O–H groups in total. The highest BCUT2D eigenvalue weighted by molar-refractivity contribution is 14.2. The molecule has 1 saturated heterocycles. The van der Waals surface area contributed by atoms with Gasteiger partial charge in [0.05, 0.1) is 7.19 Å². The van der Waals surface area contributed by atoms with Crippen LogP contribution in [0, 0.1) is 5.92 Å². The molecule has 0 saturated carbocycles. The van der Waals surface area contributed by atoms with E-state index in [0.717, 1.165) is 0 Å². The van der Waals surface area contributed by atoms with Crippen molar-refractivity contribution in [3.63, 3.8) is 0 Å². The van der Waals surface area contributed by atoms with E-state index in [9.17, 15) is 0 Å². The number of ether oxygens (including phenoxy) is 2. The van der Waals surface area contributed by atoms with E-state index in [-0.39, 0.29) is 11.9 Å². The van der Waals surface area contributed by atoms with Gasteiger partial charge in [-0.3, -0.25) is 0 Å². The number of hydrogen-bond donors (Lipinski definition) is 0. The van der Waals surface area contributed by atoms with Crippen molar-refractivity contribution in [2.75, 3.05) is 6.61 Å². The van der Waals surface area contributed by atoms with Gasteiger partial charge in [0.2, 0.25) is 0 Å². The molecule has 1 rings (SSSR count). The molecule has 0 bridgehead atoms. The second kappa shape index (κ2) is 4.97. The van der Waals surface area contributed by atoms with Crippen LogP contribution in [0.4, 0.5) is 0 Å². The summed E-state index contributed by atoms with van der Waals surface area (Å²) in [6.45, 7) is 9.09. The monoisotopic (exact) mass is 422 g/mol. The fourth-order valence-corrected chi connectivity index (χ4v) is 4.16. The van der Waals surface area contributed by atoms with Crippen molar-refractivity contribution in [1.82, 2.24) is 0 Å². The van der Waals surface area contributed by atoms with E-state index < -0.39 is 0 Å². The Balaban J connectivity index is 2.93. The van der Waals surface area contributed by atoms with E-state index in [2.05, 4.69) is 66.0 Å². The topological polar surface area (TPSA) is 18.5 Å². The zero-order valence-corrected chi connectivity index (χ0v) is 13.2. The van der Waals surface area contributed by atoms with E-state index in [4.69, 9.17) is 9.47 Å². The maximum atomic E-state index is 5.89. The summed E-state index contributed by atoms with van der Waals surface area (Å²) in [5, 5.41) is 0. The van der Waals surface area contributed by atoms with Crippen LogP contribution < -0.4 is 0 Å². The highest BCUT2D eigenvalue weighted by Gasteiger charge is 2.44. The molecule has 82 valence electrons. The summed E-state index contributed by atoms with van der Waals surface area (Å²) in [4.78, 5) is 0. The van der Waals surface area contributed by atoms with Crippen molar-refractivity contribution in [2.24, 2.45) is 5.92 Å². The fourth-order valence-electron chi connectivity index (χ4n) is 1.88. The lowest BCUT2D eigenvalue weighted by molar-refractivity contribution is -0.165. The Labute approximate surface area is 113 Å². The highest BCUT2D eigenvalue weighted by atomic mass is 127. The highest BCUT2D eigenvalue weighted by Crippen LogP contribution is 2.44. The summed E-state index contributed by atoms with van der Waals surface area (Å²) in [5.41, 5.74) is 1.17. The van der Waals surface area contributed by atoms with Crippen LogP contribution in [-0.2, 0) is 9.47 Å². The molecule has 1 fully saturated rings. The molecule has 2 atom stereocenters. The molecule has 0 radical (unpaired) electrons. The lowest BCUT2D eigenvalue weighted by Crippen LogP contribution is -2.23. The molecular formula is C10H16I2O2. The summed E-state index contributed by atoms with van der Waals surface area (Å²) in [6, 6.07) is 0. The SMILES string of the molecule is CCO[C@@H]1OC(C)(C)C(=C(I)I)[C@H]1C. The second-order valence-corrected chi connectivity index (χ2v) is 8.14. The van der Waals surface area contributed by atoms with Gasteiger partial charge >= 0.3 is 0 Å². The van der Waals surface area contributed by atoms with Gasteiger partial charge in [0.15, 0.2) is 6.29 Å².